The molecule has 0 bridgehead atoms. The van der Waals surface area contributed by atoms with Crippen LogP contribution >= 0.6 is 0 Å². The molecule has 0 saturated carbocycles. The predicted molar refractivity (Wildman–Crippen MR) is 61.9 cm³/mol. The van der Waals surface area contributed by atoms with E-state index in [1.165, 1.54) is 0 Å². The van der Waals surface area contributed by atoms with E-state index in [-0.39, 0.29) is 0 Å². The number of hydrogen-bond donors (Lipinski definition) is 2. The van der Waals surface area contributed by atoms with E-state index in [9.17, 15) is 0 Å². The molecule has 0 aromatic rings. The maximum absolute atomic E-state index is 5.86. The number of rotatable bonds is 4. The van der Waals surface area contributed by atoms with Crippen LogP contribution in [0, 0.1) is 5.92 Å². The van der Waals surface area contributed by atoms with Gasteiger partial charge in [-0.05, 0) is 18.8 Å². The van der Waals surface area contributed by atoms with E-state index in [1.54, 1.807) is 0 Å². The maximum Gasteiger partial charge on any atom is 0.0608 e. The van der Waals surface area contributed by atoms with E-state index in [2.05, 4.69) is 10.4 Å². The van der Waals surface area contributed by atoms with Crippen molar-refractivity contribution in [3.8, 4) is 0 Å². The van der Waals surface area contributed by atoms with Crippen molar-refractivity contribution in [2.45, 2.75) is 18.9 Å². The molecule has 0 amide bonds. The van der Waals surface area contributed by atoms with Crippen LogP contribution in [0.2, 0.25) is 0 Å². The van der Waals surface area contributed by atoms with Crippen molar-refractivity contribution < 1.29 is 9.47 Å². The lowest BCUT2D eigenvalue weighted by atomic mass is 9.92. The topological polar surface area (TPSA) is 59.8 Å². The molecule has 94 valence electrons. The van der Waals surface area contributed by atoms with E-state index in [0.29, 0.717) is 18.5 Å². The van der Waals surface area contributed by atoms with Crippen LogP contribution in [0.15, 0.2) is 0 Å². The highest BCUT2D eigenvalue weighted by Crippen LogP contribution is 2.18. The quantitative estimate of drug-likeness (QED) is 0.685. The Morgan fingerprint density at radius 2 is 1.75 bits per heavy atom. The fourth-order valence-corrected chi connectivity index (χ4v) is 2.40. The van der Waals surface area contributed by atoms with E-state index in [0.717, 1.165) is 52.4 Å². The van der Waals surface area contributed by atoms with Crippen LogP contribution < -0.4 is 11.2 Å². The molecule has 1 unspecified atom stereocenters. The third-order valence-corrected chi connectivity index (χ3v) is 3.45. The van der Waals surface area contributed by atoms with Gasteiger partial charge >= 0.3 is 0 Å². The molecule has 2 heterocycles. The average molecular weight is 229 g/mol. The fourth-order valence-electron chi connectivity index (χ4n) is 2.40. The molecular weight excluding hydrogens is 206 g/mol. The number of ether oxygens (including phenoxy) is 2. The number of hydrogen-bond acceptors (Lipinski definition) is 5. The van der Waals surface area contributed by atoms with Gasteiger partial charge in [-0.15, -0.1) is 0 Å². The van der Waals surface area contributed by atoms with E-state index >= 15 is 0 Å². The maximum atomic E-state index is 5.86. The number of hydrazine groups is 1. The van der Waals surface area contributed by atoms with Gasteiger partial charge in [-0.25, -0.2) is 5.01 Å². The Balaban J connectivity index is 1.78. The van der Waals surface area contributed by atoms with Crippen molar-refractivity contribution in [3.63, 3.8) is 0 Å². The largest absolute Gasteiger partial charge is 0.381 e. The first-order valence-corrected chi connectivity index (χ1v) is 6.27. The summed E-state index contributed by atoms with van der Waals surface area (Å²) < 4.78 is 10.7. The molecule has 2 fully saturated rings. The number of nitrogens with one attached hydrogen (secondary N) is 1. The molecule has 2 aliphatic rings. The third-order valence-electron chi connectivity index (χ3n) is 3.45. The molecule has 0 aromatic heterocycles. The van der Waals surface area contributed by atoms with Crippen LogP contribution in [0.25, 0.3) is 0 Å². The zero-order valence-corrected chi connectivity index (χ0v) is 9.86. The molecule has 0 radical (unpaired) electrons. The Morgan fingerprint density at radius 1 is 1.12 bits per heavy atom. The highest BCUT2D eigenvalue weighted by atomic mass is 16.5. The normalized spacial score (nSPS) is 26.8. The van der Waals surface area contributed by atoms with Crippen LogP contribution in [0.4, 0.5) is 0 Å². The van der Waals surface area contributed by atoms with Crippen molar-refractivity contribution in [3.05, 3.63) is 0 Å². The van der Waals surface area contributed by atoms with E-state index < -0.39 is 0 Å². The highest BCUT2D eigenvalue weighted by Gasteiger charge is 2.25. The van der Waals surface area contributed by atoms with Gasteiger partial charge in [0, 0.05) is 38.9 Å². The molecule has 16 heavy (non-hydrogen) atoms. The summed E-state index contributed by atoms with van der Waals surface area (Å²) in [6.07, 6.45) is 2.25. The molecule has 0 aromatic carbocycles. The van der Waals surface area contributed by atoms with Gasteiger partial charge in [-0.1, -0.05) is 0 Å². The Bertz CT molecular complexity index is 192. The summed E-state index contributed by atoms with van der Waals surface area (Å²) in [6, 6.07) is 0.391. The van der Waals surface area contributed by atoms with Gasteiger partial charge in [-0.2, -0.15) is 0 Å². The molecule has 1 atom stereocenters. The first kappa shape index (κ1) is 12.3. The number of morpholine rings is 1. The first-order chi connectivity index (χ1) is 7.90. The van der Waals surface area contributed by atoms with Crippen molar-refractivity contribution in [1.82, 2.24) is 10.4 Å². The molecule has 0 aliphatic carbocycles. The van der Waals surface area contributed by atoms with E-state index in [4.69, 9.17) is 15.2 Å². The van der Waals surface area contributed by atoms with Crippen LogP contribution in [0.5, 0.6) is 0 Å². The summed E-state index contributed by atoms with van der Waals surface area (Å²) in [5.41, 5.74) is 9.41. The molecule has 2 rings (SSSR count). The summed E-state index contributed by atoms with van der Waals surface area (Å²) >= 11 is 0. The zero-order chi connectivity index (χ0) is 11.2. The molecule has 5 nitrogen and oxygen atoms in total. The molecule has 2 aliphatic heterocycles. The standard InChI is InChI=1S/C11H23N3O2/c12-9-11(10-1-5-15-6-2-10)13-14-3-7-16-8-4-14/h10-11,13H,1-9,12H2. The van der Waals surface area contributed by atoms with Gasteiger partial charge < -0.3 is 15.2 Å². The second-order valence-corrected chi connectivity index (χ2v) is 4.52. The second-order valence-electron chi connectivity index (χ2n) is 4.52. The van der Waals surface area contributed by atoms with Gasteiger partial charge in [0.05, 0.1) is 13.2 Å². The molecule has 3 N–H and O–H groups in total. The Kier molecular flexibility index (Phi) is 4.99. The smallest absolute Gasteiger partial charge is 0.0608 e. The molecule has 0 spiro atoms. The lowest BCUT2D eigenvalue weighted by molar-refractivity contribution is -0.0125. The van der Waals surface area contributed by atoms with Gasteiger partial charge in [0.1, 0.15) is 0 Å². The monoisotopic (exact) mass is 229 g/mol. The minimum atomic E-state index is 0.391. The SMILES string of the molecule is NCC(NN1CCOCC1)C1CCOCC1. The van der Waals surface area contributed by atoms with Crippen molar-refractivity contribution in [2.75, 3.05) is 46.1 Å². The average Bonchev–Trinajstić information content (AvgIpc) is 2.38. The molecule has 2 saturated heterocycles. The third kappa shape index (κ3) is 3.40. The van der Waals surface area contributed by atoms with Gasteiger partial charge in [-0.3, -0.25) is 5.43 Å². The first-order valence-electron chi connectivity index (χ1n) is 6.27. The summed E-state index contributed by atoms with van der Waals surface area (Å²) in [5, 5.41) is 2.25. The van der Waals surface area contributed by atoms with Gasteiger partial charge in [0.2, 0.25) is 0 Å². The van der Waals surface area contributed by atoms with Crippen molar-refractivity contribution in [1.29, 1.82) is 0 Å². The predicted octanol–water partition coefficient (Wildman–Crippen LogP) is -0.423. The summed E-state index contributed by atoms with van der Waals surface area (Å²) in [5.74, 6) is 0.654. The molecule has 5 heteroatoms. The lowest BCUT2D eigenvalue weighted by Crippen LogP contribution is -2.55. The lowest BCUT2D eigenvalue weighted by Gasteiger charge is -2.36. The number of nitrogens with two attached hydrogens (primary N) is 1. The zero-order valence-electron chi connectivity index (χ0n) is 9.86. The van der Waals surface area contributed by atoms with Gasteiger partial charge in [0.25, 0.3) is 0 Å². The van der Waals surface area contributed by atoms with Crippen molar-refractivity contribution >= 4 is 0 Å². The highest BCUT2D eigenvalue weighted by molar-refractivity contribution is 4.79. The minimum Gasteiger partial charge on any atom is -0.381 e. The van der Waals surface area contributed by atoms with Gasteiger partial charge in [0.15, 0.2) is 0 Å². The van der Waals surface area contributed by atoms with Crippen LogP contribution in [0.3, 0.4) is 0 Å². The minimum absolute atomic E-state index is 0.391. The molecular formula is C11H23N3O2. The van der Waals surface area contributed by atoms with Crippen molar-refractivity contribution in [2.24, 2.45) is 11.7 Å². The summed E-state index contributed by atoms with van der Waals surface area (Å²) in [7, 11) is 0. The van der Waals surface area contributed by atoms with Crippen LogP contribution in [0.1, 0.15) is 12.8 Å². The second kappa shape index (κ2) is 6.51. The Hall–Kier alpha value is -0.200. The Morgan fingerprint density at radius 3 is 2.38 bits per heavy atom. The summed E-state index contributed by atoms with van der Waals surface area (Å²) in [6.45, 7) is 6.01. The number of nitrogens with zero attached hydrogens (tertiary/aromatic N) is 1. The van der Waals surface area contributed by atoms with Crippen LogP contribution in [-0.4, -0.2) is 57.1 Å². The Labute approximate surface area is 97.2 Å². The van der Waals surface area contributed by atoms with E-state index in [1.807, 2.05) is 0 Å². The fraction of sp³-hybridized carbons (Fsp3) is 1.00. The van der Waals surface area contributed by atoms with Crippen LogP contribution in [-0.2, 0) is 9.47 Å². The summed E-state index contributed by atoms with van der Waals surface area (Å²) in [4.78, 5) is 0.